The number of aryl methyl sites for hydroxylation is 2. The number of hydrogen-bond donors (Lipinski definition) is 2. The Morgan fingerprint density at radius 2 is 2.03 bits per heavy atom. The number of nitrogens with one attached hydrogen (secondary N) is 2. The zero-order valence-corrected chi connectivity index (χ0v) is 20.8. The summed E-state index contributed by atoms with van der Waals surface area (Å²) >= 11 is 2.70. The summed E-state index contributed by atoms with van der Waals surface area (Å²) in [5, 5.41) is 15.1. The van der Waals surface area contributed by atoms with Crippen LogP contribution in [0.1, 0.15) is 46.9 Å². The second-order valence-corrected chi connectivity index (χ2v) is 9.76. The van der Waals surface area contributed by atoms with Crippen LogP contribution in [-0.4, -0.2) is 44.9 Å². The first kappa shape index (κ1) is 24.0. The molecular formula is C23H25N5O4S2. The standard InChI is InChI=1S/C23H25N5O4S2/c1-4-32-22(31)20-17-9-6-10-18(17)34-21(20)25-19(30)12-33-23-27-26-13(2)28(23)16-8-5-7-15(11-16)24-14(3)29/h5,7-8,11H,4,6,9-10,12H2,1-3H3,(H,24,29)(H,25,30). The quantitative estimate of drug-likeness (QED) is 0.356. The van der Waals surface area contributed by atoms with Crippen molar-refractivity contribution in [2.75, 3.05) is 23.0 Å². The molecule has 1 aliphatic rings. The number of aromatic nitrogens is 3. The molecule has 1 aromatic carbocycles. The van der Waals surface area contributed by atoms with Crippen molar-refractivity contribution < 1.29 is 19.1 Å². The van der Waals surface area contributed by atoms with E-state index in [0.717, 1.165) is 35.4 Å². The molecule has 2 aromatic heterocycles. The summed E-state index contributed by atoms with van der Waals surface area (Å²) in [6.45, 7) is 5.32. The summed E-state index contributed by atoms with van der Waals surface area (Å²) in [5.41, 5.74) is 2.92. The van der Waals surface area contributed by atoms with Gasteiger partial charge < -0.3 is 15.4 Å². The van der Waals surface area contributed by atoms with Gasteiger partial charge in [0, 0.05) is 17.5 Å². The van der Waals surface area contributed by atoms with Crippen molar-refractivity contribution >= 4 is 51.6 Å². The van der Waals surface area contributed by atoms with Crippen LogP contribution >= 0.6 is 23.1 Å². The molecule has 0 radical (unpaired) electrons. The Hall–Kier alpha value is -3.18. The van der Waals surface area contributed by atoms with Gasteiger partial charge in [-0.2, -0.15) is 0 Å². The molecule has 0 atom stereocenters. The third-order valence-electron chi connectivity index (χ3n) is 5.21. The number of fused-ring (bicyclic) bond motifs is 1. The first-order chi connectivity index (χ1) is 16.4. The summed E-state index contributed by atoms with van der Waals surface area (Å²) in [6.07, 6.45) is 2.75. The summed E-state index contributed by atoms with van der Waals surface area (Å²) in [6, 6.07) is 7.32. The Morgan fingerprint density at radius 3 is 2.79 bits per heavy atom. The number of thiophene rings is 1. The molecule has 2 N–H and O–H groups in total. The number of rotatable bonds is 8. The first-order valence-corrected chi connectivity index (χ1v) is 12.7. The van der Waals surface area contributed by atoms with Crippen LogP contribution in [0.25, 0.3) is 5.69 Å². The third kappa shape index (κ3) is 5.15. The van der Waals surface area contributed by atoms with Crippen LogP contribution in [0.4, 0.5) is 10.7 Å². The van der Waals surface area contributed by atoms with Crippen LogP contribution in [0.15, 0.2) is 29.4 Å². The van der Waals surface area contributed by atoms with Crippen molar-refractivity contribution in [3.05, 3.63) is 46.1 Å². The number of ether oxygens (including phenoxy) is 1. The van der Waals surface area contributed by atoms with Gasteiger partial charge in [0.05, 0.1) is 23.6 Å². The Balaban J connectivity index is 1.48. The van der Waals surface area contributed by atoms with E-state index in [1.807, 2.05) is 29.7 Å². The lowest BCUT2D eigenvalue weighted by atomic mass is 10.1. The Morgan fingerprint density at radius 1 is 1.21 bits per heavy atom. The molecule has 0 aliphatic heterocycles. The fourth-order valence-corrected chi connectivity index (χ4v) is 5.96. The van der Waals surface area contributed by atoms with Crippen molar-refractivity contribution in [1.82, 2.24) is 14.8 Å². The fraction of sp³-hybridized carbons (Fsp3) is 0.348. The summed E-state index contributed by atoms with van der Waals surface area (Å²) in [4.78, 5) is 37.9. The van der Waals surface area contributed by atoms with Crippen LogP contribution in [0.3, 0.4) is 0 Å². The summed E-state index contributed by atoms with van der Waals surface area (Å²) in [5.74, 6) is -0.0457. The van der Waals surface area contributed by atoms with Gasteiger partial charge in [0.1, 0.15) is 10.8 Å². The van der Waals surface area contributed by atoms with Gasteiger partial charge in [-0.05, 0) is 56.9 Å². The molecule has 3 aromatic rings. The van der Waals surface area contributed by atoms with Crippen molar-refractivity contribution in [2.24, 2.45) is 0 Å². The lowest BCUT2D eigenvalue weighted by molar-refractivity contribution is -0.114. The van der Waals surface area contributed by atoms with Crippen molar-refractivity contribution in [3.63, 3.8) is 0 Å². The van der Waals surface area contributed by atoms with E-state index in [1.54, 1.807) is 13.0 Å². The first-order valence-electron chi connectivity index (χ1n) is 10.9. The van der Waals surface area contributed by atoms with E-state index in [-0.39, 0.29) is 30.1 Å². The molecule has 34 heavy (non-hydrogen) atoms. The minimum absolute atomic E-state index is 0.0916. The Kier molecular flexibility index (Phi) is 7.32. The van der Waals surface area contributed by atoms with Gasteiger partial charge in [-0.3, -0.25) is 14.2 Å². The van der Waals surface area contributed by atoms with E-state index >= 15 is 0 Å². The van der Waals surface area contributed by atoms with Crippen molar-refractivity contribution in [1.29, 1.82) is 0 Å². The van der Waals surface area contributed by atoms with E-state index in [1.165, 1.54) is 30.0 Å². The molecular weight excluding hydrogens is 474 g/mol. The predicted molar refractivity (Wildman–Crippen MR) is 132 cm³/mol. The molecule has 2 heterocycles. The minimum atomic E-state index is -0.390. The number of hydrogen-bond acceptors (Lipinski definition) is 8. The highest BCUT2D eigenvalue weighted by molar-refractivity contribution is 7.99. The van der Waals surface area contributed by atoms with Crippen LogP contribution < -0.4 is 10.6 Å². The van der Waals surface area contributed by atoms with Crippen LogP contribution in [-0.2, 0) is 27.2 Å². The normalized spacial score (nSPS) is 12.3. The maximum Gasteiger partial charge on any atom is 0.341 e. The maximum atomic E-state index is 12.8. The molecule has 178 valence electrons. The lowest BCUT2D eigenvalue weighted by Crippen LogP contribution is -2.17. The molecule has 9 nitrogen and oxygen atoms in total. The van der Waals surface area contributed by atoms with Gasteiger partial charge in [-0.1, -0.05) is 17.8 Å². The average Bonchev–Trinajstić information content (AvgIpc) is 3.46. The van der Waals surface area contributed by atoms with Gasteiger partial charge in [0.25, 0.3) is 0 Å². The highest BCUT2D eigenvalue weighted by Gasteiger charge is 2.28. The maximum absolute atomic E-state index is 12.8. The number of nitrogens with zero attached hydrogens (tertiary/aromatic N) is 3. The van der Waals surface area contributed by atoms with E-state index in [4.69, 9.17) is 4.74 Å². The minimum Gasteiger partial charge on any atom is -0.462 e. The van der Waals surface area contributed by atoms with Crippen molar-refractivity contribution in [2.45, 2.75) is 45.2 Å². The lowest BCUT2D eigenvalue weighted by Gasteiger charge is -2.11. The molecule has 0 spiro atoms. The fourth-order valence-electron chi connectivity index (χ4n) is 3.86. The predicted octanol–water partition coefficient (Wildman–Crippen LogP) is 3.99. The Labute approximate surface area is 205 Å². The van der Waals surface area contributed by atoms with Crippen molar-refractivity contribution in [3.8, 4) is 5.69 Å². The second-order valence-electron chi connectivity index (χ2n) is 7.72. The average molecular weight is 500 g/mol. The molecule has 0 saturated heterocycles. The van der Waals surface area contributed by atoms with Gasteiger partial charge in [-0.15, -0.1) is 21.5 Å². The zero-order valence-electron chi connectivity index (χ0n) is 19.1. The number of amides is 2. The third-order valence-corrected chi connectivity index (χ3v) is 7.34. The molecule has 0 saturated carbocycles. The molecule has 0 unspecified atom stereocenters. The van der Waals surface area contributed by atoms with Crippen LogP contribution in [0, 0.1) is 6.92 Å². The smallest absolute Gasteiger partial charge is 0.341 e. The number of carbonyl (C=O) groups is 3. The molecule has 1 aliphatic carbocycles. The van der Waals surface area contributed by atoms with E-state index in [2.05, 4.69) is 20.8 Å². The number of esters is 1. The van der Waals surface area contributed by atoms with Crippen LogP contribution in [0.2, 0.25) is 0 Å². The highest BCUT2D eigenvalue weighted by Crippen LogP contribution is 2.39. The Bertz CT molecular complexity index is 1250. The van der Waals surface area contributed by atoms with E-state index in [0.29, 0.717) is 27.2 Å². The number of carbonyl (C=O) groups excluding carboxylic acids is 3. The molecule has 0 fully saturated rings. The van der Waals surface area contributed by atoms with Gasteiger partial charge in [0.2, 0.25) is 11.8 Å². The molecule has 4 rings (SSSR count). The number of thioether (sulfide) groups is 1. The van der Waals surface area contributed by atoms with E-state index < -0.39 is 0 Å². The van der Waals surface area contributed by atoms with Gasteiger partial charge in [-0.25, -0.2) is 4.79 Å². The van der Waals surface area contributed by atoms with Gasteiger partial charge in [0.15, 0.2) is 5.16 Å². The molecule has 0 bridgehead atoms. The van der Waals surface area contributed by atoms with Gasteiger partial charge >= 0.3 is 5.97 Å². The molecule has 11 heteroatoms. The zero-order chi connectivity index (χ0) is 24.2. The summed E-state index contributed by atoms with van der Waals surface area (Å²) < 4.78 is 7.05. The summed E-state index contributed by atoms with van der Waals surface area (Å²) in [7, 11) is 0. The highest BCUT2D eigenvalue weighted by atomic mass is 32.2. The SMILES string of the molecule is CCOC(=O)c1c(NC(=O)CSc2nnc(C)n2-c2cccc(NC(C)=O)c2)sc2c1CCC2. The molecule has 2 amide bonds. The van der Waals surface area contributed by atoms with E-state index in [9.17, 15) is 14.4 Å². The second kappa shape index (κ2) is 10.4. The largest absolute Gasteiger partial charge is 0.462 e. The monoisotopic (exact) mass is 499 g/mol. The topological polar surface area (TPSA) is 115 Å². The van der Waals surface area contributed by atoms with Crippen LogP contribution in [0.5, 0.6) is 0 Å². The number of anilines is 2. The number of benzene rings is 1.